The summed E-state index contributed by atoms with van der Waals surface area (Å²) in [6, 6.07) is 5.16. The molecule has 1 fully saturated rings. The minimum Gasteiger partial charge on any atom is -0.338 e. The lowest BCUT2D eigenvalue weighted by atomic mass is 10.2. The molecule has 1 aromatic rings. The van der Waals surface area contributed by atoms with Crippen molar-refractivity contribution in [1.29, 1.82) is 0 Å². The van der Waals surface area contributed by atoms with E-state index in [1.807, 2.05) is 6.07 Å². The van der Waals surface area contributed by atoms with E-state index in [-0.39, 0.29) is 23.5 Å². The van der Waals surface area contributed by atoms with Crippen molar-refractivity contribution in [3.8, 4) is 0 Å². The van der Waals surface area contributed by atoms with Crippen molar-refractivity contribution in [2.75, 3.05) is 23.8 Å². The first-order valence-electron chi connectivity index (χ1n) is 8.34. The van der Waals surface area contributed by atoms with Gasteiger partial charge in [-0.2, -0.15) is 0 Å². The van der Waals surface area contributed by atoms with E-state index in [2.05, 4.69) is 6.92 Å². The Morgan fingerprint density at radius 3 is 2.72 bits per heavy atom. The highest BCUT2D eigenvalue weighted by Crippen LogP contribution is 2.25. The molecule has 0 aliphatic carbocycles. The zero-order valence-electron chi connectivity index (χ0n) is 14.2. The topological polar surface area (TPSA) is 54.5 Å². The molecule has 0 aromatic heterocycles. The van der Waals surface area contributed by atoms with Gasteiger partial charge in [-0.1, -0.05) is 42.6 Å². The molecule has 0 bridgehead atoms. The van der Waals surface area contributed by atoms with Gasteiger partial charge >= 0.3 is 0 Å². The number of amides is 1. The van der Waals surface area contributed by atoms with Gasteiger partial charge in [0.25, 0.3) is 0 Å². The number of thioether (sulfide) groups is 1. The number of sulfone groups is 1. The Labute approximate surface area is 164 Å². The van der Waals surface area contributed by atoms with Gasteiger partial charge in [-0.25, -0.2) is 8.42 Å². The van der Waals surface area contributed by atoms with Gasteiger partial charge in [-0.15, -0.1) is 11.8 Å². The highest BCUT2D eigenvalue weighted by molar-refractivity contribution is 7.99. The number of carbonyl (C=O) groups is 1. The number of rotatable bonds is 8. The summed E-state index contributed by atoms with van der Waals surface area (Å²) >= 11 is 13.5. The molecule has 1 aromatic carbocycles. The van der Waals surface area contributed by atoms with Gasteiger partial charge in [0.05, 0.1) is 17.3 Å². The number of benzene rings is 1. The van der Waals surface area contributed by atoms with Crippen LogP contribution >= 0.6 is 35.0 Å². The molecule has 1 saturated heterocycles. The molecule has 2 rings (SSSR count). The van der Waals surface area contributed by atoms with Crippen LogP contribution in [0.15, 0.2) is 18.2 Å². The lowest BCUT2D eigenvalue weighted by Crippen LogP contribution is -2.42. The van der Waals surface area contributed by atoms with Gasteiger partial charge in [0, 0.05) is 28.4 Å². The maximum atomic E-state index is 12.6. The van der Waals surface area contributed by atoms with E-state index in [9.17, 15) is 13.2 Å². The Balaban J connectivity index is 1.92. The number of unbranched alkanes of at least 4 members (excludes halogenated alkanes) is 1. The molecule has 1 aliphatic rings. The van der Waals surface area contributed by atoms with Crippen molar-refractivity contribution in [3.63, 3.8) is 0 Å². The molecule has 0 spiro atoms. The van der Waals surface area contributed by atoms with Crippen LogP contribution in [0.4, 0.5) is 0 Å². The zero-order chi connectivity index (χ0) is 18.4. The Hall–Kier alpha value is -0.430. The summed E-state index contributed by atoms with van der Waals surface area (Å²) in [4.78, 5) is 14.4. The maximum absolute atomic E-state index is 12.6. The van der Waals surface area contributed by atoms with Crippen LogP contribution in [0, 0.1) is 0 Å². The van der Waals surface area contributed by atoms with Crippen LogP contribution in [0.2, 0.25) is 10.0 Å². The van der Waals surface area contributed by atoms with Crippen LogP contribution in [0.1, 0.15) is 31.7 Å². The van der Waals surface area contributed by atoms with Crippen molar-refractivity contribution in [2.45, 2.75) is 38.0 Å². The molecule has 0 saturated carbocycles. The zero-order valence-corrected chi connectivity index (χ0v) is 17.4. The van der Waals surface area contributed by atoms with Crippen molar-refractivity contribution < 1.29 is 13.2 Å². The summed E-state index contributed by atoms with van der Waals surface area (Å²) in [5, 5.41) is 1.18. The van der Waals surface area contributed by atoms with Crippen LogP contribution in [0.3, 0.4) is 0 Å². The molecule has 8 heteroatoms. The first-order chi connectivity index (χ1) is 11.8. The fourth-order valence-corrected chi connectivity index (χ4v) is 6.03. The van der Waals surface area contributed by atoms with Crippen molar-refractivity contribution in [2.24, 2.45) is 0 Å². The second-order valence-corrected chi connectivity index (χ2v) is 10.3. The van der Waals surface area contributed by atoms with Crippen molar-refractivity contribution in [1.82, 2.24) is 4.90 Å². The molecule has 25 heavy (non-hydrogen) atoms. The predicted octanol–water partition coefficient (Wildman–Crippen LogP) is 4.04. The van der Waals surface area contributed by atoms with Crippen LogP contribution in [-0.4, -0.2) is 49.1 Å². The molecular formula is C17H23Cl2NO3S2. The minimum atomic E-state index is -3.00. The largest absolute Gasteiger partial charge is 0.338 e. The van der Waals surface area contributed by atoms with Gasteiger partial charge < -0.3 is 4.90 Å². The third kappa shape index (κ3) is 6.35. The second-order valence-electron chi connectivity index (χ2n) is 6.23. The SMILES string of the molecule is CCCCN(C(=O)CSCc1ccc(Cl)cc1Cl)[C@H]1CCS(=O)(=O)C1. The molecule has 1 amide bonds. The second kappa shape index (κ2) is 9.49. The highest BCUT2D eigenvalue weighted by atomic mass is 35.5. The first-order valence-corrected chi connectivity index (χ1v) is 12.1. The Morgan fingerprint density at radius 1 is 1.36 bits per heavy atom. The van der Waals surface area contributed by atoms with Gasteiger partial charge in [0.15, 0.2) is 9.84 Å². The fourth-order valence-electron chi connectivity index (χ4n) is 2.83. The predicted molar refractivity (Wildman–Crippen MR) is 106 cm³/mol. The average Bonchev–Trinajstić information content (AvgIpc) is 2.89. The number of hydrogen-bond donors (Lipinski definition) is 0. The number of hydrogen-bond acceptors (Lipinski definition) is 4. The van der Waals surface area contributed by atoms with E-state index in [0.717, 1.165) is 18.4 Å². The quantitative estimate of drug-likeness (QED) is 0.632. The lowest BCUT2D eigenvalue weighted by molar-refractivity contribution is -0.130. The summed E-state index contributed by atoms with van der Waals surface area (Å²) in [5.41, 5.74) is 0.937. The van der Waals surface area contributed by atoms with Crippen LogP contribution in [0.5, 0.6) is 0 Å². The highest BCUT2D eigenvalue weighted by Gasteiger charge is 2.34. The Morgan fingerprint density at radius 2 is 2.12 bits per heavy atom. The van der Waals surface area contributed by atoms with Crippen LogP contribution in [-0.2, 0) is 20.4 Å². The van der Waals surface area contributed by atoms with E-state index in [4.69, 9.17) is 23.2 Å². The van der Waals surface area contributed by atoms with E-state index < -0.39 is 9.84 Å². The molecule has 140 valence electrons. The Kier molecular flexibility index (Phi) is 7.92. The number of halogens is 2. The van der Waals surface area contributed by atoms with Crippen molar-refractivity contribution in [3.05, 3.63) is 33.8 Å². The summed E-state index contributed by atoms with van der Waals surface area (Å²) < 4.78 is 23.5. The third-order valence-electron chi connectivity index (χ3n) is 4.22. The average molecular weight is 424 g/mol. The molecule has 1 aliphatic heterocycles. The summed E-state index contributed by atoms with van der Waals surface area (Å²) in [5.74, 6) is 1.22. The van der Waals surface area contributed by atoms with E-state index in [1.165, 1.54) is 11.8 Å². The summed E-state index contributed by atoms with van der Waals surface area (Å²) in [7, 11) is -3.00. The number of nitrogens with zero attached hydrogens (tertiary/aromatic N) is 1. The molecular weight excluding hydrogens is 401 g/mol. The molecule has 1 heterocycles. The third-order valence-corrected chi connectivity index (χ3v) is 7.52. The maximum Gasteiger partial charge on any atom is 0.232 e. The molecule has 0 N–H and O–H groups in total. The van der Waals surface area contributed by atoms with Gasteiger partial charge in [-0.3, -0.25) is 4.79 Å². The van der Waals surface area contributed by atoms with Gasteiger partial charge in [-0.05, 0) is 30.5 Å². The summed E-state index contributed by atoms with van der Waals surface area (Å²) in [6.07, 6.45) is 2.40. The van der Waals surface area contributed by atoms with Crippen molar-refractivity contribution >= 4 is 50.7 Å². The lowest BCUT2D eigenvalue weighted by Gasteiger charge is -2.28. The molecule has 0 unspecified atom stereocenters. The molecule has 4 nitrogen and oxygen atoms in total. The Bertz CT molecular complexity index is 710. The van der Waals surface area contributed by atoms with Gasteiger partial charge in [0.2, 0.25) is 5.91 Å². The minimum absolute atomic E-state index is 0.00522. The molecule has 1 atom stereocenters. The first kappa shape index (κ1) is 20.9. The van der Waals surface area contributed by atoms with Crippen LogP contribution < -0.4 is 0 Å². The van der Waals surface area contributed by atoms with Crippen LogP contribution in [0.25, 0.3) is 0 Å². The van der Waals surface area contributed by atoms with E-state index in [0.29, 0.717) is 34.5 Å². The fraction of sp³-hybridized carbons (Fsp3) is 0.588. The van der Waals surface area contributed by atoms with E-state index >= 15 is 0 Å². The normalized spacial score (nSPS) is 19.1. The molecule has 0 radical (unpaired) electrons. The number of carbonyl (C=O) groups excluding carboxylic acids is 1. The standard InChI is InChI=1S/C17H23Cl2NO3S2/c1-2-3-7-20(15-6-8-25(22,23)12-15)17(21)11-24-10-13-4-5-14(18)9-16(13)19/h4-5,9,15H,2-3,6-8,10-12H2,1H3/t15-/m0/s1. The summed E-state index contributed by atoms with van der Waals surface area (Å²) in [6.45, 7) is 2.68. The van der Waals surface area contributed by atoms with Gasteiger partial charge in [0.1, 0.15) is 0 Å². The monoisotopic (exact) mass is 423 g/mol. The smallest absolute Gasteiger partial charge is 0.232 e. The van der Waals surface area contributed by atoms with E-state index in [1.54, 1.807) is 17.0 Å².